The summed E-state index contributed by atoms with van der Waals surface area (Å²) in [6.45, 7) is 1.85. The van der Waals surface area contributed by atoms with Crippen molar-refractivity contribution in [3.63, 3.8) is 0 Å². The van der Waals surface area contributed by atoms with Crippen molar-refractivity contribution < 1.29 is 9.18 Å². The monoisotopic (exact) mass is 325 g/mol. The van der Waals surface area contributed by atoms with Crippen LogP contribution in [0, 0.1) is 12.7 Å². The normalized spacial score (nSPS) is 10.7. The van der Waals surface area contributed by atoms with Gasteiger partial charge in [0.1, 0.15) is 15.8 Å². The molecule has 2 aromatic heterocycles. The number of anilines is 1. The molecule has 0 bridgehead atoms. The van der Waals surface area contributed by atoms with Gasteiger partial charge < -0.3 is 4.90 Å². The first kappa shape index (κ1) is 15.9. The molecule has 7 heteroatoms. The summed E-state index contributed by atoms with van der Waals surface area (Å²) in [4.78, 5) is 21.9. The summed E-state index contributed by atoms with van der Waals surface area (Å²) in [5, 5.41) is 1.46. The molecule has 0 spiro atoms. The van der Waals surface area contributed by atoms with Crippen LogP contribution in [0.1, 0.15) is 12.1 Å². The predicted molar refractivity (Wildman–Crippen MR) is 86.4 cm³/mol. The number of hydrogen-bond acceptors (Lipinski definition) is 5. The highest BCUT2D eigenvalue weighted by Crippen LogP contribution is 2.34. The standard InChI is InChI=1S/C14H16FN3OS2/c1-9-14(18(2)12(19)4-5-20-3)21-13(17-9)10-6-11(15)8-16-7-10/h6-8H,4-5H2,1-3H3. The van der Waals surface area contributed by atoms with E-state index < -0.39 is 5.82 Å². The third kappa shape index (κ3) is 3.79. The smallest absolute Gasteiger partial charge is 0.228 e. The quantitative estimate of drug-likeness (QED) is 0.845. The lowest BCUT2D eigenvalue weighted by Gasteiger charge is -2.15. The van der Waals surface area contributed by atoms with Gasteiger partial charge in [0, 0.05) is 31.0 Å². The number of pyridine rings is 1. The molecule has 112 valence electrons. The number of halogens is 1. The Morgan fingerprint density at radius 1 is 1.48 bits per heavy atom. The number of carbonyl (C=O) groups is 1. The van der Waals surface area contributed by atoms with Crippen molar-refractivity contribution in [3.8, 4) is 10.6 Å². The minimum atomic E-state index is -0.397. The summed E-state index contributed by atoms with van der Waals surface area (Å²) in [5.41, 5.74) is 1.39. The fraction of sp³-hybridized carbons (Fsp3) is 0.357. The first-order chi connectivity index (χ1) is 10.0. The molecule has 2 heterocycles. The Balaban J connectivity index is 2.25. The highest BCUT2D eigenvalue weighted by atomic mass is 32.2. The van der Waals surface area contributed by atoms with Gasteiger partial charge >= 0.3 is 0 Å². The molecule has 1 amide bonds. The van der Waals surface area contributed by atoms with E-state index in [0.717, 1.165) is 22.6 Å². The highest BCUT2D eigenvalue weighted by molar-refractivity contribution is 7.98. The van der Waals surface area contributed by atoms with Crippen LogP contribution in [0.25, 0.3) is 10.6 Å². The van der Waals surface area contributed by atoms with Crippen molar-refractivity contribution in [2.75, 3.05) is 24.0 Å². The van der Waals surface area contributed by atoms with E-state index in [4.69, 9.17) is 0 Å². The Bertz CT molecular complexity index is 645. The van der Waals surface area contributed by atoms with Crippen LogP contribution in [-0.2, 0) is 4.79 Å². The summed E-state index contributed by atoms with van der Waals surface area (Å²) in [6, 6.07) is 1.39. The number of aromatic nitrogens is 2. The average Bonchev–Trinajstić information content (AvgIpc) is 2.86. The highest BCUT2D eigenvalue weighted by Gasteiger charge is 2.18. The summed E-state index contributed by atoms with van der Waals surface area (Å²) >= 11 is 3.01. The molecule has 0 N–H and O–H groups in total. The van der Waals surface area contributed by atoms with Crippen molar-refractivity contribution in [2.24, 2.45) is 0 Å². The van der Waals surface area contributed by atoms with Gasteiger partial charge in [-0.1, -0.05) is 11.3 Å². The molecule has 0 aromatic carbocycles. The fourth-order valence-corrected chi connectivity index (χ4v) is 3.23. The molecule has 2 aromatic rings. The van der Waals surface area contributed by atoms with Gasteiger partial charge in [-0.25, -0.2) is 9.37 Å². The maximum absolute atomic E-state index is 13.2. The number of thiazole rings is 1. The summed E-state index contributed by atoms with van der Waals surface area (Å²) in [7, 11) is 1.75. The number of rotatable bonds is 5. The fourth-order valence-electron chi connectivity index (χ4n) is 1.82. The molecule has 0 radical (unpaired) electrons. The first-order valence-electron chi connectivity index (χ1n) is 6.36. The van der Waals surface area contributed by atoms with Crippen LogP contribution >= 0.6 is 23.1 Å². The van der Waals surface area contributed by atoms with Crippen molar-refractivity contribution in [3.05, 3.63) is 30.0 Å². The molecular formula is C14H16FN3OS2. The van der Waals surface area contributed by atoms with Crippen molar-refractivity contribution >= 4 is 34.0 Å². The van der Waals surface area contributed by atoms with Crippen molar-refractivity contribution in [2.45, 2.75) is 13.3 Å². The second-order valence-electron chi connectivity index (χ2n) is 4.50. The molecule has 0 aliphatic heterocycles. The van der Waals surface area contributed by atoms with E-state index in [-0.39, 0.29) is 5.91 Å². The Kier molecular flexibility index (Phi) is 5.30. The van der Waals surface area contributed by atoms with E-state index in [1.807, 2.05) is 13.2 Å². The molecule has 0 fully saturated rings. The Morgan fingerprint density at radius 2 is 2.24 bits per heavy atom. The molecule has 0 unspecified atom stereocenters. The van der Waals surface area contributed by atoms with E-state index in [9.17, 15) is 9.18 Å². The van der Waals surface area contributed by atoms with Crippen LogP contribution in [0.15, 0.2) is 18.5 Å². The molecule has 0 saturated heterocycles. The average molecular weight is 325 g/mol. The van der Waals surface area contributed by atoms with Gasteiger partial charge in [-0.3, -0.25) is 9.78 Å². The summed E-state index contributed by atoms with van der Waals surface area (Å²) in [5.74, 6) is 0.452. The van der Waals surface area contributed by atoms with Crippen LogP contribution in [0.3, 0.4) is 0 Å². The van der Waals surface area contributed by atoms with E-state index in [1.54, 1.807) is 29.9 Å². The number of hydrogen-bond donors (Lipinski definition) is 0. The van der Waals surface area contributed by atoms with Gasteiger partial charge in [-0.2, -0.15) is 11.8 Å². The van der Waals surface area contributed by atoms with E-state index >= 15 is 0 Å². The Morgan fingerprint density at radius 3 is 2.90 bits per heavy atom. The Hall–Kier alpha value is -1.47. The maximum atomic E-state index is 13.2. The minimum absolute atomic E-state index is 0.0556. The number of amides is 1. The number of aryl methyl sites for hydroxylation is 1. The summed E-state index contributed by atoms with van der Waals surface area (Å²) < 4.78 is 13.2. The zero-order valence-electron chi connectivity index (χ0n) is 12.1. The largest absolute Gasteiger partial charge is 0.305 e. The lowest BCUT2D eigenvalue weighted by molar-refractivity contribution is -0.117. The van der Waals surface area contributed by atoms with Crippen LogP contribution in [-0.4, -0.2) is 34.9 Å². The minimum Gasteiger partial charge on any atom is -0.305 e. The third-order valence-corrected chi connectivity index (χ3v) is 4.82. The number of nitrogens with zero attached hydrogens (tertiary/aromatic N) is 3. The topological polar surface area (TPSA) is 46.1 Å². The van der Waals surface area contributed by atoms with Gasteiger partial charge in [0.25, 0.3) is 0 Å². The zero-order chi connectivity index (χ0) is 15.4. The van der Waals surface area contributed by atoms with Crippen LogP contribution in [0.5, 0.6) is 0 Å². The Labute approximate surface area is 131 Å². The van der Waals surface area contributed by atoms with Gasteiger partial charge in [0.05, 0.1) is 11.9 Å². The van der Waals surface area contributed by atoms with Crippen molar-refractivity contribution in [1.29, 1.82) is 0 Å². The van der Waals surface area contributed by atoms with Gasteiger partial charge in [-0.05, 0) is 19.2 Å². The third-order valence-electron chi connectivity index (χ3n) is 2.92. The molecular weight excluding hydrogens is 309 g/mol. The lowest BCUT2D eigenvalue weighted by atomic mass is 10.3. The van der Waals surface area contributed by atoms with Crippen LogP contribution < -0.4 is 4.90 Å². The predicted octanol–water partition coefficient (Wildman–Crippen LogP) is 3.37. The summed E-state index contributed by atoms with van der Waals surface area (Å²) in [6.07, 6.45) is 5.19. The lowest BCUT2D eigenvalue weighted by Crippen LogP contribution is -2.26. The molecule has 0 atom stereocenters. The van der Waals surface area contributed by atoms with Crippen molar-refractivity contribution in [1.82, 2.24) is 9.97 Å². The van der Waals surface area contributed by atoms with Crippen LogP contribution in [0.2, 0.25) is 0 Å². The number of thioether (sulfide) groups is 1. The molecule has 0 saturated carbocycles. The molecule has 0 aliphatic rings. The molecule has 21 heavy (non-hydrogen) atoms. The van der Waals surface area contributed by atoms with E-state index in [0.29, 0.717) is 17.0 Å². The van der Waals surface area contributed by atoms with E-state index in [1.165, 1.54) is 17.4 Å². The number of carbonyl (C=O) groups excluding carboxylic acids is 1. The molecule has 4 nitrogen and oxygen atoms in total. The molecule has 0 aliphatic carbocycles. The van der Waals surface area contributed by atoms with Crippen LogP contribution in [0.4, 0.5) is 9.39 Å². The second-order valence-corrected chi connectivity index (χ2v) is 6.46. The van der Waals surface area contributed by atoms with E-state index in [2.05, 4.69) is 9.97 Å². The van der Waals surface area contributed by atoms with Gasteiger partial charge in [0.2, 0.25) is 5.91 Å². The first-order valence-corrected chi connectivity index (χ1v) is 8.57. The molecule has 2 rings (SSSR count). The zero-order valence-corrected chi connectivity index (χ0v) is 13.7. The van der Waals surface area contributed by atoms with Gasteiger partial charge in [-0.15, -0.1) is 0 Å². The SMILES string of the molecule is CSCCC(=O)N(C)c1sc(-c2cncc(F)c2)nc1C. The maximum Gasteiger partial charge on any atom is 0.228 e. The van der Waals surface area contributed by atoms with Gasteiger partial charge in [0.15, 0.2) is 0 Å². The second kappa shape index (κ2) is 7.00.